The molecular formula is C28H33FN2O2. The molecule has 4 nitrogen and oxygen atoms in total. The summed E-state index contributed by atoms with van der Waals surface area (Å²) < 4.78 is 13.6. The zero-order valence-corrected chi connectivity index (χ0v) is 19.2. The van der Waals surface area contributed by atoms with E-state index in [0.717, 1.165) is 38.0 Å². The minimum absolute atomic E-state index is 0.251. The number of unbranched alkanes of at least 4 members (excludes halogenated alkanes) is 1. The number of halogens is 1. The maximum Gasteiger partial charge on any atom is 0.246 e. The van der Waals surface area contributed by atoms with Crippen molar-refractivity contribution in [2.75, 3.05) is 6.54 Å². The number of aryl methyl sites for hydroxylation is 1. The topological polar surface area (TPSA) is 52.6 Å². The third kappa shape index (κ3) is 8.12. The monoisotopic (exact) mass is 448 g/mol. The van der Waals surface area contributed by atoms with Gasteiger partial charge in [-0.1, -0.05) is 79.2 Å². The summed E-state index contributed by atoms with van der Waals surface area (Å²) >= 11 is 0. The summed E-state index contributed by atoms with van der Waals surface area (Å²) in [5, 5.41) is 9.19. The van der Waals surface area contributed by atoms with Crippen molar-refractivity contribution >= 4 is 5.91 Å². The fourth-order valence-electron chi connectivity index (χ4n) is 4.16. The van der Waals surface area contributed by atoms with Crippen molar-refractivity contribution < 1.29 is 14.4 Å². The van der Waals surface area contributed by atoms with Gasteiger partial charge in [-0.15, -0.1) is 0 Å². The summed E-state index contributed by atoms with van der Waals surface area (Å²) in [4.78, 5) is 14.7. The van der Waals surface area contributed by atoms with E-state index in [2.05, 4.69) is 53.4 Å². The van der Waals surface area contributed by atoms with E-state index in [0.29, 0.717) is 18.4 Å². The Balaban J connectivity index is 1.57. The summed E-state index contributed by atoms with van der Waals surface area (Å²) in [6, 6.07) is 25.8. The highest BCUT2D eigenvalue weighted by atomic mass is 19.1. The molecule has 0 spiro atoms. The Kier molecular flexibility index (Phi) is 9.60. The lowest BCUT2D eigenvalue weighted by atomic mass is 9.92. The number of carbonyl (C=O) groups excluding carboxylic acids is 1. The third-order valence-corrected chi connectivity index (χ3v) is 5.96. The lowest BCUT2D eigenvalue weighted by molar-refractivity contribution is -0.133. The van der Waals surface area contributed by atoms with Gasteiger partial charge in [-0.3, -0.25) is 14.9 Å². The number of carbonyl (C=O) groups is 1. The molecule has 33 heavy (non-hydrogen) atoms. The zero-order valence-electron chi connectivity index (χ0n) is 19.2. The fourth-order valence-corrected chi connectivity index (χ4v) is 4.16. The van der Waals surface area contributed by atoms with E-state index < -0.39 is 0 Å². The highest BCUT2D eigenvalue weighted by Gasteiger charge is 2.19. The summed E-state index contributed by atoms with van der Waals surface area (Å²) in [6.07, 6.45) is 2.94. The number of hydroxylamine groups is 1. The first kappa shape index (κ1) is 24.6. The minimum Gasteiger partial charge on any atom is -0.295 e. The van der Waals surface area contributed by atoms with E-state index in [1.54, 1.807) is 24.5 Å². The molecule has 3 rings (SSSR count). The molecule has 1 amide bonds. The summed E-state index contributed by atoms with van der Waals surface area (Å²) in [6.45, 7) is 4.36. The first-order valence-electron chi connectivity index (χ1n) is 11.5. The molecule has 0 aliphatic heterocycles. The standard InChI is InChI=1S/C28H33FN2O2/c1-22-18-25(15-16-27(22)29)19-26(28(32)30-33)14-8-9-17-31(20-23-10-4-2-5-11-23)21-24-12-6-3-7-13-24/h2-7,10-13,15-16,18,26,33H,8-9,14,17,19-21H2,1H3,(H,30,32)/t26-/m0/s1. The highest BCUT2D eigenvalue weighted by molar-refractivity contribution is 5.77. The van der Waals surface area contributed by atoms with Crippen LogP contribution in [-0.4, -0.2) is 22.6 Å². The van der Waals surface area contributed by atoms with Crippen LogP contribution in [0.1, 0.15) is 41.5 Å². The largest absolute Gasteiger partial charge is 0.295 e. The SMILES string of the molecule is Cc1cc(C[C@H](CCCCN(Cc2ccccc2)Cc2ccccc2)C(=O)NO)ccc1F. The van der Waals surface area contributed by atoms with Crippen molar-refractivity contribution in [3.8, 4) is 0 Å². The predicted molar refractivity (Wildman–Crippen MR) is 129 cm³/mol. The van der Waals surface area contributed by atoms with Crippen molar-refractivity contribution in [3.63, 3.8) is 0 Å². The molecule has 0 aliphatic carbocycles. The molecule has 0 unspecified atom stereocenters. The van der Waals surface area contributed by atoms with E-state index in [-0.39, 0.29) is 17.6 Å². The first-order chi connectivity index (χ1) is 16.0. The average molecular weight is 449 g/mol. The van der Waals surface area contributed by atoms with Crippen LogP contribution in [0.3, 0.4) is 0 Å². The van der Waals surface area contributed by atoms with E-state index in [1.165, 1.54) is 17.2 Å². The van der Waals surface area contributed by atoms with Gasteiger partial charge in [0.25, 0.3) is 0 Å². The van der Waals surface area contributed by atoms with Crippen molar-refractivity contribution in [3.05, 3.63) is 107 Å². The molecule has 0 fully saturated rings. The average Bonchev–Trinajstić information content (AvgIpc) is 2.84. The van der Waals surface area contributed by atoms with Crippen LogP contribution in [0.2, 0.25) is 0 Å². The number of nitrogens with zero attached hydrogens (tertiary/aromatic N) is 1. The second-order valence-corrected chi connectivity index (χ2v) is 8.64. The van der Waals surface area contributed by atoms with Gasteiger partial charge in [0.15, 0.2) is 0 Å². The van der Waals surface area contributed by atoms with Crippen LogP contribution < -0.4 is 5.48 Å². The number of amides is 1. The molecule has 0 saturated heterocycles. The first-order valence-corrected chi connectivity index (χ1v) is 11.5. The molecule has 174 valence electrons. The number of nitrogens with one attached hydrogen (secondary N) is 1. The normalized spacial score (nSPS) is 12.0. The van der Waals surface area contributed by atoms with Gasteiger partial charge in [0.2, 0.25) is 5.91 Å². The van der Waals surface area contributed by atoms with Crippen LogP contribution in [0.15, 0.2) is 78.9 Å². The molecular weight excluding hydrogens is 415 g/mol. The Bertz CT molecular complexity index is 954. The molecule has 3 aromatic carbocycles. The van der Waals surface area contributed by atoms with Gasteiger partial charge in [-0.25, -0.2) is 9.87 Å². The number of hydrogen-bond donors (Lipinski definition) is 2. The number of hydrogen-bond acceptors (Lipinski definition) is 3. The van der Waals surface area contributed by atoms with Crippen LogP contribution in [0, 0.1) is 18.7 Å². The molecule has 2 N–H and O–H groups in total. The van der Waals surface area contributed by atoms with Crippen molar-refractivity contribution in [1.29, 1.82) is 0 Å². The third-order valence-electron chi connectivity index (χ3n) is 5.96. The van der Waals surface area contributed by atoms with E-state index in [4.69, 9.17) is 0 Å². The zero-order chi connectivity index (χ0) is 23.5. The van der Waals surface area contributed by atoms with Gasteiger partial charge in [-0.05, 0) is 61.1 Å². The van der Waals surface area contributed by atoms with Gasteiger partial charge in [0.1, 0.15) is 5.82 Å². The van der Waals surface area contributed by atoms with Crippen LogP contribution in [0.5, 0.6) is 0 Å². The van der Waals surface area contributed by atoms with E-state index >= 15 is 0 Å². The summed E-state index contributed by atoms with van der Waals surface area (Å²) in [5.74, 6) is -0.988. The number of rotatable bonds is 12. The maximum absolute atomic E-state index is 13.6. The lowest BCUT2D eigenvalue weighted by Crippen LogP contribution is -2.30. The van der Waals surface area contributed by atoms with Crippen molar-refractivity contribution in [2.24, 2.45) is 5.92 Å². The number of benzene rings is 3. The van der Waals surface area contributed by atoms with Crippen LogP contribution in [-0.2, 0) is 24.3 Å². The van der Waals surface area contributed by atoms with Gasteiger partial charge >= 0.3 is 0 Å². The molecule has 0 bridgehead atoms. The second-order valence-electron chi connectivity index (χ2n) is 8.64. The van der Waals surface area contributed by atoms with Crippen molar-refractivity contribution in [1.82, 2.24) is 10.4 Å². The Labute approximate surface area is 196 Å². The molecule has 1 atom stereocenters. The van der Waals surface area contributed by atoms with E-state index in [1.807, 2.05) is 12.1 Å². The molecule has 0 heterocycles. The van der Waals surface area contributed by atoms with Gasteiger partial charge in [0, 0.05) is 19.0 Å². The maximum atomic E-state index is 13.6. The Morgan fingerprint density at radius 1 is 0.909 bits per heavy atom. The minimum atomic E-state index is -0.387. The summed E-state index contributed by atoms with van der Waals surface area (Å²) in [7, 11) is 0. The molecule has 5 heteroatoms. The summed E-state index contributed by atoms with van der Waals surface area (Å²) in [5.41, 5.74) is 5.82. The smallest absolute Gasteiger partial charge is 0.246 e. The van der Waals surface area contributed by atoms with Crippen LogP contribution in [0.4, 0.5) is 4.39 Å². The van der Waals surface area contributed by atoms with Gasteiger partial charge in [-0.2, -0.15) is 0 Å². The quantitative estimate of drug-likeness (QED) is 0.213. The highest BCUT2D eigenvalue weighted by Crippen LogP contribution is 2.19. The van der Waals surface area contributed by atoms with Gasteiger partial charge in [0.05, 0.1) is 0 Å². The Morgan fingerprint density at radius 2 is 1.52 bits per heavy atom. The Hall–Kier alpha value is -3.02. The lowest BCUT2D eigenvalue weighted by Gasteiger charge is -2.23. The molecule has 3 aromatic rings. The van der Waals surface area contributed by atoms with Crippen LogP contribution in [0.25, 0.3) is 0 Å². The molecule has 0 radical (unpaired) electrons. The second kappa shape index (κ2) is 12.9. The molecule has 0 aliphatic rings. The molecule has 0 aromatic heterocycles. The predicted octanol–water partition coefficient (Wildman–Crippen LogP) is 5.67. The van der Waals surface area contributed by atoms with Gasteiger partial charge < -0.3 is 0 Å². The fraction of sp³-hybridized carbons (Fsp3) is 0.321. The molecule has 0 saturated carbocycles. The van der Waals surface area contributed by atoms with E-state index in [9.17, 15) is 14.4 Å². The van der Waals surface area contributed by atoms with Crippen LogP contribution >= 0.6 is 0 Å². The van der Waals surface area contributed by atoms with Crippen molar-refractivity contribution in [2.45, 2.75) is 45.7 Å². The Morgan fingerprint density at radius 3 is 2.06 bits per heavy atom.